The molecule has 0 aromatic heterocycles. The van der Waals surface area contributed by atoms with E-state index in [1.807, 2.05) is 0 Å². The molecule has 0 aliphatic heterocycles. The highest BCUT2D eigenvalue weighted by Gasteiger charge is 2.29. The van der Waals surface area contributed by atoms with Crippen molar-refractivity contribution in [1.82, 2.24) is 5.32 Å². The minimum Gasteiger partial charge on any atom is -0.309 e. The molecule has 1 nitrogen and oxygen atoms in total. The summed E-state index contributed by atoms with van der Waals surface area (Å²) in [5.74, 6) is 0.343. The van der Waals surface area contributed by atoms with Gasteiger partial charge in [0, 0.05) is 18.2 Å². The van der Waals surface area contributed by atoms with Crippen molar-refractivity contribution in [3.63, 3.8) is 0 Å². The van der Waals surface area contributed by atoms with Gasteiger partial charge in [-0.3, -0.25) is 0 Å². The lowest BCUT2D eigenvalue weighted by molar-refractivity contribution is 0.365. The zero-order chi connectivity index (χ0) is 12.4. The summed E-state index contributed by atoms with van der Waals surface area (Å²) in [6.07, 6.45) is 2.29. The van der Waals surface area contributed by atoms with Crippen LogP contribution in [0, 0.1) is 23.5 Å². The van der Waals surface area contributed by atoms with E-state index >= 15 is 0 Å². The van der Waals surface area contributed by atoms with E-state index in [0.717, 1.165) is 6.42 Å². The standard InChI is InChI=1S/C14H19F2N/c1-9-6-7-14(10(9)2)17-8-11-12(15)4-3-5-13(11)16/h3-5,9-10,14,17H,6-8H2,1-2H3. The van der Waals surface area contributed by atoms with Crippen molar-refractivity contribution >= 4 is 0 Å². The Labute approximate surface area is 101 Å². The maximum absolute atomic E-state index is 13.4. The summed E-state index contributed by atoms with van der Waals surface area (Å²) in [6.45, 7) is 4.71. The number of halogens is 2. The molecule has 1 N–H and O–H groups in total. The molecule has 3 atom stereocenters. The van der Waals surface area contributed by atoms with Gasteiger partial charge in [-0.25, -0.2) is 8.78 Å². The highest BCUT2D eigenvalue weighted by atomic mass is 19.1. The van der Waals surface area contributed by atoms with Crippen LogP contribution >= 0.6 is 0 Å². The smallest absolute Gasteiger partial charge is 0.130 e. The van der Waals surface area contributed by atoms with E-state index in [-0.39, 0.29) is 12.1 Å². The Kier molecular flexibility index (Phi) is 3.77. The topological polar surface area (TPSA) is 12.0 Å². The molecule has 3 heteroatoms. The van der Waals surface area contributed by atoms with Crippen LogP contribution in [0.25, 0.3) is 0 Å². The molecule has 1 aliphatic carbocycles. The summed E-state index contributed by atoms with van der Waals surface area (Å²) in [5.41, 5.74) is 0.152. The van der Waals surface area contributed by atoms with Crippen molar-refractivity contribution in [2.24, 2.45) is 11.8 Å². The monoisotopic (exact) mass is 239 g/mol. The molecule has 2 rings (SSSR count). The normalized spacial score (nSPS) is 28.6. The van der Waals surface area contributed by atoms with Crippen LogP contribution in [0.2, 0.25) is 0 Å². The fourth-order valence-electron chi connectivity index (χ4n) is 2.59. The highest BCUT2D eigenvalue weighted by molar-refractivity contribution is 5.19. The number of benzene rings is 1. The summed E-state index contributed by atoms with van der Waals surface area (Å²) in [6, 6.07) is 4.39. The van der Waals surface area contributed by atoms with E-state index < -0.39 is 11.6 Å². The van der Waals surface area contributed by atoms with E-state index in [0.29, 0.717) is 17.9 Å². The zero-order valence-electron chi connectivity index (χ0n) is 10.3. The van der Waals surface area contributed by atoms with E-state index in [4.69, 9.17) is 0 Å². The van der Waals surface area contributed by atoms with Gasteiger partial charge in [0.2, 0.25) is 0 Å². The molecule has 1 fully saturated rings. The van der Waals surface area contributed by atoms with Gasteiger partial charge in [0.25, 0.3) is 0 Å². The van der Waals surface area contributed by atoms with Gasteiger partial charge in [0.15, 0.2) is 0 Å². The van der Waals surface area contributed by atoms with Gasteiger partial charge in [-0.1, -0.05) is 19.9 Å². The summed E-state index contributed by atoms with van der Waals surface area (Å²) < 4.78 is 26.8. The second kappa shape index (κ2) is 5.13. The average Bonchev–Trinajstić information content (AvgIpc) is 2.60. The Bertz CT molecular complexity index is 372. The van der Waals surface area contributed by atoms with Gasteiger partial charge in [-0.15, -0.1) is 0 Å². The number of hydrogen-bond acceptors (Lipinski definition) is 1. The molecule has 1 saturated carbocycles. The van der Waals surface area contributed by atoms with Gasteiger partial charge in [0.1, 0.15) is 11.6 Å². The molecule has 1 aromatic rings. The fourth-order valence-corrected chi connectivity index (χ4v) is 2.59. The first-order valence-corrected chi connectivity index (χ1v) is 6.26. The molecular weight excluding hydrogens is 220 g/mol. The molecule has 0 bridgehead atoms. The van der Waals surface area contributed by atoms with Crippen molar-refractivity contribution < 1.29 is 8.78 Å². The van der Waals surface area contributed by atoms with Crippen LogP contribution < -0.4 is 5.32 Å². The number of nitrogens with one attached hydrogen (secondary N) is 1. The van der Waals surface area contributed by atoms with Crippen LogP contribution in [0.3, 0.4) is 0 Å². The Morgan fingerprint density at radius 3 is 2.35 bits per heavy atom. The van der Waals surface area contributed by atoms with E-state index in [9.17, 15) is 8.78 Å². The molecule has 0 saturated heterocycles. The molecule has 0 spiro atoms. The maximum atomic E-state index is 13.4. The van der Waals surface area contributed by atoms with Crippen LogP contribution in [0.5, 0.6) is 0 Å². The molecule has 1 aliphatic rings. The van der Waals surface area contributed by atoms with Crippen molar-refractivity contribution in [2.75, 3.05) is 0 Å². The Morgan fingerprint density at radius 1 is 1.18 bits per heavy atom. The van der Waals surface area contributed by atoms with Gasteiger partial charge in [-0.2, -0.15) is 0 Å². The minimum absolute atomic E-state index is 0.152. The first kappa shape index (κ1) is 12.5. The lowest BCUT2D eigenvalue weighted by Gasteiger charge is -2.20. The van der Waals surface area contributed by atoms with Crippen LogP contribution in [-0.2, 0) is 6.54 Å². The van der Waals surface area contributed by atoms with Crippen molar-refractivity contribution in [2.45, 2.75) is 39.3 Å². The van der Waals surface area contributed by atoms with E-state index in [1.165, 1.54) is 24.6 Å². The average molecular weight is 239 g/mol. The third-order valence-corrected chi connectivity index (χ3v) is 4.07. The van der Waals surface area contributed by atoms with Crippen molar-refractivity contribution in [1.29, 1.82) is 0 Å². The first-order valence-electron chi connectivity index (χ1n) is 6.26. The minimum atomic E-state index is -0.462. The Morgan fingerprint density at radius 2 is 1.82 bits per heavy atom. The SMILES string of the molecule is CC1CCC(NCc2c(F)cccc2F)C1C. The molecule has 0 radical (unpaired) electrons. The second-order valence-electron chi connectivity index (χ2n) is 5.10. The predicted octanol–water partition coefficient (Wildman–Crippen LogP) is 3.49. The Balaban J connectivity index is 1.99. The maximum Gasteiger partial charge on any atom is 0.130 e. The van der Waals surface area contributed by atoms with E-state index in [1.54, 1.807) is 0 Å². The molecule has 0 heterocycles. The zero-order valence-corrected chi connectivity index (χ0v) is 10.3. The summed E-state index contributed by atoms with van der Waals surface area (Å²) in [7, 11) is 0. The van der Waals surface area contributed by atoms with Crippen LogP contribution in [-0.4, -0.2) is 6.04 Å². The second-order valence-corrected chi connectivity index (χ2v) is 5.10. The van der Waals surface area contributed by atoms with Gasteiger partial charge in [0.05, 0.1) is 0 Å². The first-order chi connectivity index (χ1) is 8.09. The lowest BCUT2D eigenvalue weighted by Crippen LogP contribution is -2.32. The summed E-state index contributed by atoms with van der Waals surface area (Å²) >= 11 is 0. The Hall–Kier alpha value is -0.960. The number of hydrogen-bond donors (Lipinski definition) is 1. The van der Waals surface area contributed by atoms with E-state index in [2.05, 4.69) is 19.2 Å². The quantitative estimate of drug-likeness (QED) is 0.851. The fraction of sp³-hybridized carbons (Fsp3) is 0.571. The van der Waals surface area contributed by atoms with Gasteiger partial charge < -0.3 is 5.32 Å². The highest BCUT2D eigenvalue weighted by Crippen LogP contribution is 2.31. The molecule has 1 aromatic carbocycles. The lowest BCUT2D eigenvalue weighted by atomic mass is 9.97. The molecule has 17 heavy (non-hydrogen) atoms. The van der Waals surface area contributed by atoms with Crippen LogP contribution in [0.1, 0.15) is 32.3 Å². The van der Waals surface area contributed by atoms with Crippen molar-refractivity contribution in [3.05, 3.63) is 35.4 Å². The molecule has 94 valence electrons. The summed E-state index contributed by atoms with van der Waals surface area (Å²) in [4.78, 5) is 0. The van der Waals surface area contributed by atoms with Crippen LogP contribution in [0.15, 0.2) is 18.2 Å². The number of rotatable bonds is 3. The molecule has 3 unspecified atom stereocenters. The third kappa shape index (κ3) is 2.65. The molecule has 0 amide bonds. The largest absolute Gasteiger partial charge is 0.309 e. The van der Waals surface area contributed by atoms with Crippen molar-refractivity contribution in [3.8, 4) is 0 Å². The summed E-state index contributed by atoms with van der Waals surface area (Å²) in [5, 5.41) is 3.28. The van der Waals surface area contributed by atoms with Gasteiger partial charge >= 0.3 is 0 Å². The molecular formula is C14H19F2N. The van der Waals surface area contributed by atoms with Crippen LogP contribution in [0.4, 0.5) is 8.78 Å². The third-order valence-electron chi connectivity index (χ3n) is 4.07. The predicted molar refractivity (Wildman–Crippen MR) is 64.5 cm³/mol. The van der Waals surface area contributed by atoms with Gasteiger partial charge in [-0.05, 0) is 36.8 Å².